The van der Waals surface area contributed by atoms with E-state index in [9.17, 15) is 0 Å². The van der Waals surface area contributed by atoms with E-state index in [0.717, 1.165) is 0 Å². The Bertz CT molecular complexity index is 581. The molecular formula is C17H16. The van der Waals surface area contributed by atoms with Crippen LogP contribution in [0.1, 0.15) is 12.5 Å². The molecule has 0 aromatic heterocycles. The summed E-state index contributed by atoms with van der Waals surface area (Å²) in [7, 11) is 0. The first kappa shape index (κ1) is 11.4. The number of rotatable bonds is 3. The molecule has 0 heteroatoms. The van der Waals surface area contributed by atoms with Gasteiger partial charge in [-0.05, 0) is 23.3 Å². The zero-order valence-corrected chi connectivity index (χ0v) is 10.1. The van der Waals surface area contributed by atoms with E-state index in [2.05, 4.69) is 67.3 Å². The molecule has 0 radical (unpaired) electrons. The maximum atomic E-state index is 3.73. The summed E-state index contributed by atoms with van der Waals surface area (Å²) in [5.74, 6) is 0. The fraction of sp³-hybridized carbons (Fsp3) is 0.0588. The molecule has 0 amide bonds. The molecule has 0 aliphatic rings. The lowest BCUT2D eigenvalue weighted by Gasteiger charge is -2.00. The first-order valence-electron chi connectivity index (χ1n) is 5.76. The van der Waals surface area contributed by atoms with Crippen molar-refractivity contribution in [2.24, 2.45) is 0 Å². The van der Waals surface area contributed by atoms with Crippen LogP contribution in [0.2, 0.25) is 0 Å². The summed E-state index contributed by atoms with van der Waals surface area (Å²) in [5, 5.41) is 2.56. The Labute approximate surface area is 103 Å². The van der Waals surface area contributed by atoms with Gasteiger partial charge in [-0.3, -0.25) is 0 Å². The average molecular weight is 220 g/mol. The first-order valence-corrected chi connectivity index (χ1v) is 5.76. The van der Waals surface area contributed by atoms with Gasteiger partial charge in [-0.25, -0.2) is 0 Å². The van der Waals surface area contributed by atoms with Crippen LogP contribution in [0.25, 0.3) is 16.8 Å². The van der Waals surface area contributed by atoms with Crippen molar-refractivity contribution in [2.45, 2.75) is 6.92 Å². The molecule has 2 aromatic rings. The third kappa shape index (κ3) is 2.73. The lowest BCUT2D eigenvalue weighted by Crippen LogP contribution is -1.76. The van der Waals surface area contributed by atoms with Crippen molar-refractivity contribution in [2.75, 3.05) is 0 Å². The summed E-state index contributed by atoms with van der Waals surface area (Å²) >= 11 is 0. The second-order valence-corrected chi connectivity index (χ2v) is 4.04. The number of benzene rings is 2. The van der Waals surface area contributed by atoms with E-state index in [0.29, 0.717) is 0 Å². The second-order valence-electron chi connectivity index (χ2n) is 4.04. The molecule has 17 heavy (non-hydrogen) atoms. The van der Waals surface area contributed by atoms with Gasteiger partial charge in [0.25, 0.3) is 0 Å². The smallest absolute Gasteiger partial charge is 0.0111 e. The first-order chi connectivity index (χ1) is 8.31. The van der Waals surface area contributed by atoms with E-state index in [1.54, 1.807) is 0 Å². The molecule has 84 valence electrons. The molecule has 0 unspecified atom stereocenters. The predicted molar refractivity (Wildman–Crippen MR) is 76.9 cm³/mol. The van der Waals surface area contributed by atoms with Crippen molar-refractivity contribution in [3.63, 3.8) is 0 Å². The maximum Gasteiger partial charge on any atom is -0.0111 e. The lowest BCUT2D eigenvalue weighted by atomic mass is 10.0. The highest BCUT2D eigenvalue weighted by atomic mass is 14.0. The summed E-state index contributed by atoms with van der Waals surface area (Å²) in [4.78, 5) is 0. The Morgan fingerprint density at radius 2 is 1.82 bits per heavy atom. The minimum Gasteiger partial charge on any atom is -0.0988 e. The molecule has 2 rings (SSSR count). The van der Waals surface area contributed by atoms with Gasteiger partial charge in [0.2, 0.25) is 0 Å². The molecule has 0 aliphatic heterocycles. The van der Waals surface area contributed by atoms with Crippen LogP contribution in [0.5, 0.6) is 0 Å². The summed E-state index contributed by atoms with van der Waals surface area (Å²) in [6, 6.07) is 14.8. The van der Waals surface area contributed by atoms with Crippen LogP contribution in [0, 0.1) is 0 Å². The normalized spacial score (nSPS) is 12.2. The van der Waals surface area contributed by atoms with E-state index < -0.39 is 0 Å². The Morgan fingerprint density at radius 1 is 1.06 bits per heavy atom. The molecule has 0 heterocycles. The van der Waals surface area contributed by atoms with E-state index in [1.807, 2.05) is 13.0 Å². The Morgan fingerprint density at radius 3 is 2.65 bits per heavy atom. The molecule has 0 bridgehead atoms. The highest BCUT2D eigenvalue weighted by Gasteiger charge is 1.95. The van der Waals surface area contributed by atoms with Crippen molar-refractivity contribution in [3.05, 3.63) is 78.4 Å². The van der Waals surface area contributed by atoms with Gasteiger partial charge in [0.05, 0.1) is 0 Å². The third-order valence-corrected chi connectivity index (χ3v) is 2.78. The molecule has 0 aliphatic carbocycles. The lowest BCUT2D eigenvalue weighted by molar-refractivity contribution is 1.54. The van der Waals surface area contributed by atoms with E-state index in [-0.39, 0.29) is 0 Å². The molecule has 0 fully saturated rings. The van der Waals surface area contributed by atoms with Gasteiger partial charge in [0, 0.05) is 0 Å². The number of allylic oxidation sites excluding steroid dienone is 4. The molecule has 0 saturated heterocycles. The van der Waals surface area contributed by atoms with Crippen LogP contribution in [-0.4, -0.2) is 0 Å². The van der Waals surface area contributed by atoms with Gasteiger partial charge in [0.15, 0.2) is 0 Å². The summed E-state index contributed by atoms with van der Waals surface area (Å²) < 4.78 is 0. The van der Waals surface area contributed by atoms with Crippen molar-refractivity contribution in [3.8, 4) is 0 Å². The number of hydrogen-bond acceptors (Lipinski definition) is 0. The average Bonchev–Trinajstić information content (AvgIpc) is 2.39. The highest BCUT2D eigenvalue weighted by Crippen LogP contribution is 2.19. The number of hydrogen-bond donors (Lipinski definition) is 0. The van der Waals surface area contributed by atoms with E-state index in [1.165, 1.54) is 21.9 Å². The highest BCUT2D eigenvalue weighted by molar-refractivity contribution is 5.90. The summed E-state index contributed by atoms with van der Waals surface area (Å²) in [6.45, 7) is 5.78. The fourth-order valence-corrected chi connectivity index (χ4v) is 1.77. The van der Waals surface area contributed by atoms with Crippen LogP contribution in [0.3, 0.4) is 0 Å². The van der Waals surface area contributed by atoms with E-state index in [4.69, 9.17) is 0 Å². The van der Waals surface area contributed by atoms with E-state index >= 15 is 0 Å². The molecule has 0 spiro atoms. The molecule has 0 saturated carbocycles. The van der Waals surface area contributed by atoms with Crippen molar-refractivity contribution in [1.29, 1.82) is 0 Å². The fourth-order valence-electron chi connectivity index (χ4n) is 1.77. The molecular weight excluding hydrogens is 204 g/mol. The third-order valence-electron chi connectivity index (χ3n) is 2.78. The van der Waals surface area contributed by atoms with Gasteiger partial charge < -0.3 is 0 Å². The largest absolute Gasteiger partial charge is 0.0988 e. The van der Waals surface area contributed by atoms with Gasteiger partial charge in [-0.15, -0.1) is 0 Å². The Hall–Kier alpha value is -2.08. The monoisotopic (exact) mass is 220 g/mol. The van der Waals surface area contributed by atoms with Crippen LogP contribution in [0.4, 0.5) is 0 Å². The van der Waals surface area contributed by atoms with Gasteiger partial charge in [-0.1, -0.05) is 78.9 Å². The van der Waals surface area contributed by atoms with Gasteiger partial charge in [0.1, 0.15) is 0 Å². The molecule has 0 nitrogen and oxygen atoms in total. The summed E-state index contributed by atoms with van der Waals surface area (Å²) in [6.07, 6.45) is 8.12. The summed E-state index contributed by atoms with van der Waals surface area (Å²) in [5.41, 5.74) is 2.41. The molecule has 0 atom stereocenters. The minimum atomic E-state index is 1.17. The van der Waals surface area contributed by atoms with Crippen LogP contribution in [-0.2, 0) is 0 Å². The van der Waals surface area contributed by atoms with Crippen molar-refractivity contribution >= 4 is 16.8 Å². The van der Waals surface area contributed by atoms with Crippen molar-refractivity contribution in [1.82, 2.24) is 0 Å². The maximum absolute atomic E-state index is 3.73. The predicted octanol–water partition coefficient (Wildman–Crippen LogP) is 4.99. The van der Waals surface area contributed by atoms with Crippen LogP contribution >= 0.6 is 0 Å². The quantitative estimate of drug-likeness (QED) is 0.639. The zero-order valence-electron chi connectivity index (χ0n) is 10.1. The Kier molecular flexibility index (Phi) is 3.56. The SMILES string of the molecule is C=C/C(C)=C\C=C/c1cccc2ccccc12. The Balaban J connectivity index is 2.39. The molecule has 0 N–H and O–H groups in total. The van der Waals surface area contributed by atoms with Crippen molar-refractivity contribution < 1.29 is 0 Å². The second kappa shape index (κ2) is 5.31. The van der Waals surface area contributed by atoms with Crippen LogP contribution in [0.15, 0.2) is 72.8 Å². The van der Waals surface area contributed by atoms with Gasteiger partial charge >= 0.3 is 0 Å². The van der Waals surface area contributed by atoms with Gasteiger partial charge in [-0.2, -0.15) is 0 Å². The molecule has 2 aromatic carbocycles. The van der Waals surface area contributed by atoms with Crippen LogP contribution < -0.4 is 0 Å². The zero-order chi connectivity index (χ0) is 12.1. The minimum absolute atomic E-state index is 1.17. The number of fused-ring (bicyclic) bond motifs is 1. The topological polar surface area (TPSA) is 0 Å². The standard InChI is InChI=1S/C17H16/c1-3-14(2)8-6-10-16-12-7-11-15-9-4-5-13-17(15)16/h3-13H,1H2,2H3/b10-6-,14-8-.